The van der Waals surface area contributed by atoms with Crippen molar-refractivity contribution in [3.8, 4) is 0 Å². The van der Waals surface area contributed by atoms with Crippen molar-refractivity contribution in [1.82, 2.24) is 5.32 Å². The number of amides is 2. The van der Waals surface area contributed by atoms with Gasteiger partial charge in [-0.25, -0.2) is 0 Å². The van der Waals surface area contributed by atoms with Gasteiger partial charge in [-0.3, -0.25) is 24.4 Å². The van der Waals surface area contributed by atoms with Gasteiger partial charge in [0, 0.05) is 43.0 Å². The van der Waals surface area contributed by atoms with Crippen molar-refractivity contribution >= 4 is 41.4 Å². The van der Waals surface area contributed by atoms with Gasteiger partial charge in [0.05, 0.1) is 18.0 Å². The lowest BCUT2D eigenvalue weighted by Crippen LogP contribution is -2.44. The molecule has 0 aromatic heterocycles. The van der Waals surface area contributed by atoms with Gasteiger partial charge in [0.25, 0.3) is 11.8 Å². The minimum absolute atomic E-state index is 0.0722. The molecule has 1 aliphatic heterocycles. The standard InChI is InChI=1S/C25H34N6O3/c1-16(9-10-25(3,4)17(2)32)23(27)21(13-28-5)30-24(34)18-7-6-8-20(11-18)31-15-19(12-26)29-14-22(31)33/h6-8,11,13-14,19,21,27H,1,9-10,12,15,26H2,2-5H3,(H,30,34). The van der Waals surface area contributed by atoms with E-state index in [1.54, 1.807) is 38.2 Å². The van der Waals surface area contributed by atoms with Gasteiger partial charge in [0.1, 0.15) is 11.8 Å². The molecule has 4 N–H and O–H groups in total. The maximum Gasteiger partial charge on any atom is 0.269 e. The smallest absolute Gasteiger partial charge is 0.269 e. The van der Waals surface area contributed by atoms with Crippen molar-refractivity contribution in [1.29, 1.82) is 5.41 Å². The fourth-order valence-corrected chi connectivity index (χ4v) is 3.32. The van der Waals surface area contributed by atoms with Crippen LogP contribution in [0.4, 0.5) is 5.69 Å². The summed E-state index contributed by atoms with van der Waals surface area (Å²) in [7, 11) is 1.56. The molecule has 0 saturated heterocycles. The minimum Gasteiger partial charge on any atom is -0.339 e. The number of nitrogens with zero attached hydrogens (tertiary/aromatic N) is 3. The third-order valence-corrected chi connectivity index (χ3v) is 6.03. The monoisotopic (exact) mass is 466 g/mol. The summed E-state index contributed by atoms with van der Waals surface area (Å²) >= 11 is 0. The van der Waals surface area contributed by atoms with Crippen LogP contribution in [-0.4, -0.2) is 68.0 Å². The van der Waals surface area contributed by atoms with E-state index >= 15 is 0 Å². The van der Waals surface area contributed by atoms with Crippen molar-refractivity contribution in [2.24, 2.45) is 21.1 Å². The molecule has 0 saturated carbocycles. The Hall–Kier alpha value is -3.46. The first-order chi connectivity index (χ1) is 16.0. The van der Waals surface area contributed by atoms with Gasteiger partial charge in [-0.1, -0.05) is 26.5 Å². The molecule has 1 aromatic rings. The molecule has 9 nitrogen and oxygen atoms in total. The lowest BCUT2D eigenvalue weighted by molar-refractivity contribution is -0.125. The van der Waals surface area contributed by atoms with Crippen LogP contribution in [0.2, 0.25) is 0 Å². The summed E-state index contributed by atoms with van der Waals surface area (Å²) in [4.78, 5) is 46.7. The lowest BCUT2D eigenvalue weighted by Gasteiger charge is -2.28. The molecule has 1 aromatic carbocycles. The number of ketones is 1. The highest BCUT2D eigenvalue weighted by Crippen LogP contribution is 2.26. The molecule has 2 amide bonds. The molecule has 0 spiro atoms. The zero-order valence-corrected chi connectivity index (χ0v) is 20.3. The van der Waals surface area contributed by atoms with Crippen LogP contribution < -0.4 is 16.0 Å². The topological polar surface area (TPSA) is 141 Å². The average molecular weight is 467 g/mol. The second-order valence-corrected chi connectivity index (χ2v) is 8.98. The Bertz CT molecular complexity index is 1030. The van der Waals surface area contributed by atoms with Crippen LogP contribution in [0, 0.1) is 10.8 Å². The molecule has 182 valence electrons. The van der Waals surface area contributed by atoms with Gasteiger partial charge >= 0.3 is 0 Å². The van der Waals surface area contributed by atoms with E-state index in [1.165, 1.54) is 17.3 Å². The Labute approximate surface area is 200 Å². The number of hydrogen-bond donors (Lipinski definition) is 3. The Morgan fingerprint density at radius 3 is 2.76 bits per heavy atom. The number of anilines is 1. The van der Waals surface area contributed by atoms with Crippen LogP contribution in [0.1, 0.15) is 44.0 Å². The Balaban J connectivity index is 2.14. The van der Waals surface area contributed by atoms with Gasteiger partial charge in [-0.05, 0) is 43.5 Å². The maximum absolute atomic E-state index is 13.0. The zero-order chi connectivity index (χ0) is 25.5. The quantitative estimate of drug-likeness (QED) is 0.430. The first kappa shape index (κ1) is 26.8. The molecule has 0 aliphatic carbocycles. The molecule has 0 fully saturated rings. The molecular formula is C25H34N6O3. The molecule has 0 bridgehead atoms. The number of nitrogens with two attached hydrogens (primary N) is 1. The SMILES string of the molecule is C=C(CCC(C)(C)C(C)=O)C(=N)C(C=NC)NC(=O)c1cccc(N2CC(CN)N=CC2=O)c1. The maximum atomic E-state index is 13.0. The number of rotatable bonds is 11. The van der Waals surface area contributed by atoms with Crippen LogP contribution in [0.15, 0.2) is 46.4 Å². The summed E-state index contributed by atoms with van der Waals surface area (Å²) in [6.45, 7) is 9.91. The second-order valence-electron chi connectivity index (χ2n) is 8.98. The van der Waals surface area contributed by atoms with Gasteiger partial charge in [0.15, 0.2) is 0 Å². The summed E-state index contributed by atoms with van der Waals surface area (Å²) in [5.74, 6) is -0.616. The number of carbonyl (C=O) groups excluding carboxylic acids is 3. The van der Waals surface area contributed by atoms with E-state index in [0.717, 1.165) is 0 Å². The number of carbonyl (C=O) groups is 3. The summed E-state index contributed by atoms with van der Waals surface area (Å²) in [6, 6.07) is 5.72. The van der Waals surface area contributed by atoms with Crippen LogP contribution in [0.3, 0.4) is 0 Å². The first-order valence-electron chi connectivity index (χ1n) is 11.2. The van der Waals surface area contributed by atoms with E-state index in [4.69, 9.17) is 11.1 Å². The number of hydrogen-bond acceptors (Lipinski definition) is 7. The third-order valence-electron chi connectivity index (χ3n) is 6.03. The number of aliphatic imine (C=N–C) groups is 2. The summed E-state index contributed by atoms with van der Waals surface area (Å²) in [5.41, 5.74) is 6.73. The van der Waals surface area contributed by atoms with Crippen LogP contribution in [0.25, 0.3) is 0 Å². The van der Waals surface area contributed by atoms with E-state index in [0.29, 0.717) is 42.8 Å². The van der Waals surface area contributed by atoms with Crippen molar-refractivity contribution in [2.45, 2.75) is 45.7 Å². The molecule has 2 atom stereocenters. The van der Waals surface area contributed by atoms with Gasteiger partial charge in [-0.2, -0.15) is 0 Å². The van der Waals surface area contributed by atoms with E-state index < -0.39 is 17.4 Å². The van der Waals surface area contributed by atoms with Crippen molar-refractivity contribution < 1.29 is 14.4 Å². The summed E-state index contributed by atoms with van der Waals surface area (Å²) in [6.07, 6.45) is 3.72. The Kier molecular flexibility index (Phi) is 9.14. The van der Waals surface area contributed by atoms with E-state index in [-0.39, 0.29) is 23.4 Å². The number of Topliss-reactive ketones (excluding diaryl/α,β-unsaturated/α-hetero) is 1. The van der Waals surface area contributed by atoms with Crippen molar-refractivity contribution in [3.05, 3.63) is 42.0 Å². The first-order valence-corrected chi connectivity index (χ1v) is 11.2. The predicted molar refractivity (Wildman–Crippen MR) is 136 cm³/mol. The van der Waals surface area contributed by atoms with E-state index in [9.17, 15) is 14.4 Å². The van der Waals surface area contributed by atoms with Crippen LogP contribution in [-0.2, 0) is 9.59 Å². The highest BCUT2D eigenvalue weighted by Gasteiger charge is 2.26. The molecular weight excluding hydrogens is 432 g/mol. The highest BCUT2D eigenvalue weighted by molar-refractivity contribution is 6.33. The lowest BCUT2D eigenvalue weighted by atomic mass is 9.82. The van der Waals surface area contributed by atoms with Crippen LogP contribution >= 0.6 is 0 Å². The van der Waals surface area contributed by atoms with Gasteiger partial charge in [-0.15, -0.1) is 0 Å². The van der Waals surface area contributed by atoms with Crippen molar-refractivity contribution in [2.75, 3.05) is 25.0 Å². The van der Waals surface area contributed by atoms with E-state index in [2.05, 4.69) is 21.9 Å². The molecule has 1 aliphatic rings. The number of nitrogens with one attached hydrogen (secondary N) is 2. The largest absolute Gasteiger partial charge is 0.339 e. The molecule has 2 unspecified atom stereocenters. The van der Waals surface area contributed by atoms with E-state index in [1.807, 2.05) is 13.8 Å². The minimum atomic E-state index is -0.778. The second kappa shape index (κ2) is 11.6. The Morgan fingerprint density at radius 2 is 2.15 bits per heavy atom. The third kappa shape index (κ3) is 6.77. The average Bonchev–Trinajstić information content (AvgIpc) is 2.82. The van der Waals surface area contributed by atoms with Gasteiger partial charge < -0.3 is 21.4 Å². The van der Waals surface area contributed by atoms with Crippen LogP contribution in [0.5, 0.6) is 0 Å². The molecule has 0 radical (unpaired) electrons. The fourth-order valence-electron chi connectivity index (χ4n) is 3.32. The summed E-state index contributed by atoms with van der Waals surface area (Å²) in [5, 5.41) is 11.3. The van der Waals surface area contributed by atoms with Crippen molar-refractivity contribution in [3.63, 3.8) is 0 Å². The molecule has 1 heterocycles. The molecule has 2 rings (SSSR count). The predicted octanol–water partition coefficient (Wildman–Crippen LogP) is 2.20. The molecule has 34 heavy (non-hydrogen) atoms. The zero-order valence-electron chi connectivity index (χ0n) is 20.3. The Morgan fingerprint density at radius 1 is 1.44 bits per heavy atom. The highest BCUT2D eigenvalue weighted by atomic mass is 16.2. The summed E-state index contributed by atoms with van der Waals surface area (Å²) < 4.78 is 0. The van der Waals surface area contributed by atoms with Gasteiger partial charge in [0.2, 0.25) is 0 Å². The normalized spacial score (nSPS) is 17.0. The fraction of sp³-hybridized carbons (Fsp3) is 0.440. The number of benzene rings is 1. The molecule has 9 heteroatoms.